The van der Waals surface area contributed by atoms with Gasteiger partial charge in [0.1, 0.15) is 11.4 Å². The lowest BCUT2D eigenvalue weighted by atomic mass is 9.88. The van der Waals surface area contributed by atoms with Gasteiger partial charge in [-0.05, 0) is 38.0 Å². The van der Waals surface area contributed by atoms with Crippen molar-refractivity contribution in [2.45, 2.75) is 31.2 Å². The molecule has 2 aromatic rings. The van der Waals surface area contributed by atoms with Gasteiger partial charge in [-0.1, -0.05) is 0 Å². The second-order valence-corrected chi connectivity index (χ2v) is 4.71. The number of hydrogen-bond acceptors (Lipinski definition) is 2. The van der Waals surface area contributed by atoms with Crippen molar-refractivity contribution in [2.24, 2.45) is 5.73 Å². The van der Waals surface area contributed by atoms with Crippen LogP contribution in [0.3, 0.4) is 0 Å². The van der Waals surface area contributed by atoms with Crippen molar-refractivity contribution in [3.8, 4) is 0 Å². The summed E-state index contributed by atoms with van der Waals surface area (Å²) >= 11 is 0. The smallest absolute Gasteiger partial charge is 0.140 e. The Bertz CT molecular complexity index is 540. The summed E-state index contributed by atoms with van der Waals surface area (Å²) in [5, 5.41) is 0.948. The predicted octanol–water partition coefficient (Wildman–Crippen LogP) is 2.95. The molecule has 3 rings (SSSR count). The van der Waals surface area contributed by atoms with Crippen LogP contribution in [-0.4, -0.2) is 6.04 Å². The number of benzene rings is 1. The zero-order valence-corrected chi connectivity index (χ0v) is 9.16. The van der Waals surface area contributed by atoms with E-state index in [-0.39, 0.29) is 17.3 Å². The molecule has 0 saturated heterocycles. The maximum atomic E-state index is 14.0. The number of furan rings is 1. The zero-order chi connectivity index (χ0) is 11.3. The van der Waals surface area contributed by atoms with Gasteiger partial charge in [-0.25, -0.2) is 4.39 Å². The van der Waals surface area contributed by atoms with Crippen molar-refractivity contribution in [1.29, 1.82) is 0 Å². The van der Waals surface area contributed by atoms with Gasteiger partial charge in [0.2, 0.25) is 0 Å². The second kappa shape index (κ2) is 3.08. The van der Waals surface area contributed by atoms with E-state index in [1.807, 2.05) is 13.0 Å². The molecule has 3 heteroatoms. The minimum absolute atomic E-state index is 0.0438. The van der Waals surface area contributed by atoms with Gasteiger partial charge in [-0.3, -0.25) is 0 Å². The lowest BCUT2D eigenvalue weighted by Crippen LogP contribution is -2.32. The van der Waals surface area contributed by atoms with E-state index in [1.165, 1.54) is 6.07 Å². The summed E-state index contributed by atoms with van der Waals surface area (Å²) in [5.74, 6) is -0.197. The molecule has 1 saturated carbocycles. The topological polar surface area (TPSA) is 39.2 Å². The Hall–Kier alpha value is -1.35. The Balaban J connectivity index is 2.29. The van der Waals surface area contributed by atoms with Crippen molar-refractivity contribution in [2.75, 3.05) is 0 Å². The van der Waals surface area contributed by atoms with E-state index in [4.69, 9.17) is 10.2 Å². The van der Waals surface area contributed by atoms with Crippen LogP contribution in [0.2, 0.25) is 0 Å². The van der Waals surface area contributed by atoms with Crippen LogP contribution in [-0.2, 0) is 5.41 Å². The third-order valence-corrected chi connectivity index (χ3v) is 3.73. The average molecular weight is 219 g/mol. The van der Waals surface area contributed by atoms with Gasteiger partial charge in [0.15, 0.2) is 0 Å². The monoisotopic (exact) mass is 219 g/mol. The average Bonchev–Trinajstić information content (AvgIpc) is 2.90. The molecule has 1 heterocycles. The maximum absolute atomic E-state index is 14.0. The predicted molar refractivity (Wildman–Crippen MR) is 60.7 cm³/mol. The molecule has 0 amide bonds. The van der Waals surface area contributed by atoms with Crippen molar-refractivity contribution >= 4 is 11.0 Å². The fraction of sp³-hybridized carbons (Fsp3) is 0.385. The molecule has 2 nitrogen and oxygen atoms in total. The van der Waals surface area contributed by atoms with Crippen LogP contribution in [0.25, 0.3) is 11.0 Å². The Morgan fingerprint density at radius 3 is 2.75 bits per heavy atom. The van der Waals surface area contributed by atoms with Crippen molar-refractivity contribution in [3.63, 3.8) is 0 Å². The zero-order valence-electron chi connectivity index (χ0n) is 9.16. The van der Waals surface area contributed by atoms with E-state index >= 15 is 0 Å². The van der Waals surface area contributed by atoms with E-state index in [1.54, 1.807) is 12.3 Å². The summed E-state index contributed by atoms with van der Waals surface area (Å²) in [6.07, 6.45) is 3.49. The maximum Gasteiger partial charge on any atom is 0.140 e. The van der Waals surface area contributed by atoms with Gasteiger partial charge in [0, 0.05) is 22.4 Å². The Morgan fingerprint density at radius 1 is 1.38 bits per heavy atom. The number of fused-ring (bicyclic) bond motifs is 1. The molecule has 1 atom stereocenters. The molecular formula is C13H14FNO. The van der Waals surface area contributed by atoms with Crippen molar-refractivity contribution in [3.05, 3.63) is 35.8 Å². The van der Waals surface area contributed by atoms with Crippen LogP contribution in [0, 0.1) is 5.82 Å². The molecule has 0 aliphatic heterocycles. The third-order valence-electron chi connectivity index (χ3n) is 3.73. The first-order valence-corrected chi connectivity index (χ1v) is 5.57. The molecule has 1 aliphatic carbocycles. The lowest BCUT2D eigenvalue weighted by molar-refractivity contribution is 0.501. The Labute approximate surface area is 93.2 Å². The molecule has 84 valence electrons. The molecule has 1 aromatic heterocycles. The summed E-state index contributed by atoms with van der Waals surface area (Å²) < 4.78 is 19.4. The fourth-order valence-electron chi connectivity index (χ4n) is 2.54. The summed E-state index contributed by atoms with van der Waals surface area (Å²) in [6, 6.07) is 5.07. The molecular weight excluding hydrogens is 205 g/mol. The molecule has 1 fully saturated rings. The lowest BCUT2D eigenvalue weighted by Gasteiger charge is -2.20. The highest BCUT2D eigenvalue weighted by atomic mass is 19.1. The van der Waals surface area contributed by atoms with Crippen LogP contribution in [0.4, 0.5) is 4.39 Å². The van der Waals surface area contributed by atoms with Crippen LogP contribution < -0.4 is 5.73 Å². The van der Waals surface area contributed by atoms with Crippen LogP contribution >= 0.6 is 0 Å². The highest BCUT2D eigenvalue weighted by Crippen LogP contribution is 2.53. The van der Waals surface area contributed by atoms with E-state index in [0.717, 1.165) is 18.2 Å². The third kappa shape index (κ3) is 1.15. The standard InChI is InChI=1S/C13H14FNO/c1-8(15)13(5-6-13)11-10(14)3-2-9-4-7-16-12(9)11/h2-4,7-8H,5-6,15H2,1H3. The molecule has 2 N–H and O–H groups in total. The number of halogens is 1. The van der Waals surface area contributed by atoms with E-state index in [9.17, 15) is 4.39 Å². The van der Waals surface area contributed by atoms with Crippen LogP contribution in [0.5, 0.6) is 0 Å². The minimum atomic E-state index is -0.207. The first kappa shape index (κ1) is 9.85. The molecule has 1 aliphatic rings. The Morgan fingerprint density at radius 2 is 2.12 bits per heavy atom. The summed E-state index contributed by atoms with van der Waals surface area (Å²) in [6.45, 7) is 1.94. The summed E-state index contributed by atoms with van der Waals surface area (Å²) in [5.41, 5.74) is 7.11. The Kier molecular flexibility index (Phi) is 1.89. The van der Waals surface area contributed by atoms with Crippen molar-refractivity contribution in [1.82, 2.24) is 0 Å². The number of rotatable bonds is 2. The van der Waals surface area contributed by atoms with Gasteiger partial charge in [0.05, 0.1) is 6.26 Å². The molecule has 1 unspecified atom stereocenters. The summed E-state index contributed by atoms with van der Waals surface area (Å²) in [4.78, 5) is 0. The first-order valence-electron chi connectivity index (χ1n) is 5.57. The quantitative estimate of drug-likeness (QED) is 0.843. The van der Waals surface area contributed by atoms with Gasteiger partial charge in [-0.15, -0.1) is 0 Å². The SMILES string of the molecule is CC(N)C1(c2c(F)ccc3ccoc23)CC1. The molecule has 0 spiro atoms. The molecule has 1 aromatic carbocycles. The number of hydrogen-bond donors (Lipinski definition) is 1. The van der Waals surface area contributed by atoms with Gasteiger partial charge in [-0.2, -0.15) is 0 Å². The summed E-state index contributed by atoms with van der Waals surface area (Å²) in [7, 11) is 0. The first-order chi connectivity index (χ1) is 7.65. The molecule has 0 radical (unpaired) electrons. The molecule has 0 bridgehead atoms. The van der Waals surface area contributed by atoms with Gasteiger partial charge < -0.3 is 10.2 Å². The largest absolute Gasteiger partial charge is 0.464 e. The molecule has 16 heavy (non-hydrogen) atoms. The van der Waals surface area contributed by atoms with Crippen molar-refractivity contribution < 1.29 is 8.81 Å². The highest BCUT2D eigenvalue weighted by Gasteiger charge is 2.50. The van der Waals surface area contributed by atoms with Gasteiger partial charge >= 0.3 is 0 Å². The van der Waals surface area contributed by atoms with Crippen LogP contribution in [0.15, 0.2) is 28.9 Å². The van der Waals surface area contributed by atoms with Crippen LogP contribution in [0.1, 0.15) is 25.3 Å². The number of nitrogens with two attached hydrogens (primary N) is 1. The highest BCUT2D eigenvalue weighted by molar-refractivity contribution is 5.82. The van der Waals surface area contributed by atoms with E-state index in [0.29, 0.717) is 11.1 Å². The second-order valence-electron chi connectivity index (χ2n) is 4.71. The fourth-order valence-corrected chi connectivity index (χ4v) is 2.54. The van der Waals surface area contributed by atoms with Gasteiger partial charge in [0.25, 0.3) is 0 Å². The minimum Gasteiger partial charge on any atom is -0.464 e. The van der Waals surface area contributed by atoms with E-state index < -0.39 is 0 Å². The normalized spacial score (nSPS) is 19.9. The van der Waals surface area contributed by atoms with E-state index in [2.05, 4.69) is 0 Å².